The number of para-hydroxylation sites is 3. The molecule has 12 N–H and O–H groups in total. The molecule has 6 aromatic heterocycles. The van der Waals surface area contributed by atoms with E-state index in [0.717, 1.165) is 109 Å². The number of nitrogens with two attached hydrogens (primary N) is 2. The van der Waals surface area contributed by atoms with Crippen molar-refractivity contribution in [3.63, 3.8) is 0 Å². The lowest BCUT2D eigenvalue weighted by atomic mass is 10.2. The Labute approximate surface area is 735 Å². The molecule has 127 heavy (non-hydrogen) atoms. The number of nitrogens with one attached hydrogen (secondary N) is 7. The standard InChI is InChI=1S/C81H85N27O7.C8H22N4/c1-55-74(95-98-78-67(85-4)51-92-107(78)61-25-19-57(53-109)20-26-61)64-13-7-10-16-69(64)103(55)39-31-72(110)88-37-45-102(43-35-87-54-115-48-47-104-56(2)75(65-14-8-11-17-70(65)104)94-96-76-60(49-83)50-91-106(76)62-29-23-59(24-30-62)81(113)114)46-38-90-80(112)58-21-27-63(28-22-58)108-79(68(86-5)52-93-108)99-97-77-66-15-9-12-18-71(66)105(100(77)6)40-32-73(111)89-36-44-101(41-33-82)42-34-84-3;1-10-4-7-12(6-3-9)8-5-11-2/h7-30,50-53,84,87H,31-48,54,82H2,1-3,6H3,(H3-,88,89,90,110,111,112,113,114);10-11H,3-9H2,1-2H3/p+1. The van der Waals surface area contributed by atoms with Crippen molar-refractivity contribution in [2.24, 2.45) is 49.2 Å². The minimum absolute atomic E-state index is 0.0882. The van der Waals surface area contributed by atoms with Crippen molar-refractivity contribution in [2.45, 2.75) is 46.3 Å². The number of hydrogen-bond donors (Lipinski definition) is 10. The quantitative estimate of drug-likeness (QED) is 0.00423. The maximum atomic E-state index is 13.9. The molecule has 0 saturated heterocycles. The van der Waals surface area contributed by atoms with Gasteiger partial charge in [0.1, 0.15) is 36.3 Å². The van der Waals surface area contributed by atoms with E-state index in [-0.39, 0.29) is 83.8 Å². The predicted molar refractivity (Wildman–Crippen MR) is 485 cm³/mol. The number of nitrogens with zero attached hydrogens (tertiary/aromatic N) is 22. The van der Waals surface area contributed by atoms with Gasteiger partial charge in [-0.1, -0.05) is 48.5 Å². The van der Waals surface area contributed by atoms with E-state index >= 15 is 0 Å². The lowest BCUT2D eigenvalue weighted by molar-refractivity contribution is -0.739. The summed E-state index contributed by atoms with van der Waals surface area (Å²) in [5.41, 5.74) is 19.8. The number of fused-ring (bicyclic) bond motifs is 3. The van der Waals surface area contributed by atoms with Crippen LogP contribution in [0.5, 0.6) is 0 Å². The van der Waals surface area contributed by atoms with Gasteiger partial charge in [0, 0.05) is 177 Å². The van der Waals surface area contributed by atoms with Crippen LogP contribution in [-0.4, -0.2) is 245 Å². The Hall–Kier alpha value is -14.1. The molecule has 0 radical (unpaired) electrons. The maximum Gasteiger partial charge on any atom is 0.378 e. The van der Waals surface area contributed by atoms with Crippen LogP contribution in [0, 0.1) is 38.3 Å². The van der Waals surface area contributed by atoms with Crippen LogP contribution >= 0.6 is 0 Å². The summed E-state index contributed by atoms with van der Waals surface area (Å²) < 4.78 is 18.5. The Morgan fingerprint density at radius 2 is 0.961 bits per heavy atom. The van der Waals surface area contributed by atoms with Crippen LogP contribution in [0.2, 0.25) is 0 Å². The second-order valence-electron chi connectivity index (χ2n) is 29.5. The van der Waals surface area contributed by atoms with E-state index in [9.17, 15) is 34.3 Å². The smallest absolute Gasteiger partial charge is 0.378 e. The molecule has 0 fully saturated rings. The topological polar surface area (TPSA) is 440 Å². The van der Waals surface area contributed by atoms with E-state index in [1.165, 1.54) is 44.8 Å². The number of carboxylic acids is 1. The van der Waals surface area contributed by atoms with Crippen LogP contribution in [-0.2, 0) is 41.0 Å². The largest absolute Gasteiger partial charge is 0.478 e. The summed E-state index contributed by atoms with van der Waals surface area (Å²) in [4.78, 5) is 77.8. The summed E-state index contributed by atoms with van der Waals surface area (Å²) in [7, 11) is 7.69. The number of nitriles is 1. The van der Waals surface area contributed by atoms with Crippen LogP contribution in [0.15, 0.2) is 195 Å². The summed E-state index contributed by atoms with van der Waals surface area (Å²) >= 11 is 0. The zero-order valence-electron chi connectivity index (χ0n) is 72.2. The Bertz CT molecular complexity index is 5930. The molecular formula is C89H108N31O7+. The number of likely N-dealkylation sites (N-methyl/N-ethyl adjacent to an activating group) is 3. The summed E-state index contributed by atoms with van der Waals surface area (Å²) in [5.74, 6) is -0.578. The second-order valence-corrected chi connectivity index (χ2v) is 29.5. The van der Waals surface area contributed by atoms with Gasteiger partial charge in [-0.3, -0.25) is 39.2 Å². The fraction of sp³-hybridized carbons (Fsp3) is 0.348. The van der Waals surface area contributed by atoms with Crippen LogP contribution in [0.1, 0.15) is 60.9 Å². The maximum absolute atomic E-state index is 13.9. The van der Waals surface area contributed by atoms with Gasteiger partial charge in [0.2, 0.25) is 17.6 Å². The molecule has 38 nitrogen and oxygen atoms in total. The monoisotopic (exact) mass is 1720 g/mol. The van der Waals surface area contributed by atoms with E-state index in [4.69, 9.17) is 34.5 Å². The number of carbonyl (C=O) groups is 5. The van der Waals surface area contributed by atoms with Gasteiger partial charge in [0.25, 0.3) is 17.3 Å². The molecule has 0 aliphatic heterocycles. The fourth-order valence-corrected chi connectivity index (χ4v) is 14.5. The van der Waals surface area contributed by atoms with Crippen molar-refractivity contribution in [3.05, 3.63) is 221 Å². The van der Waals surface area contributed by atoms with Crippen LogP contribution in [0.25, 0.3) is 59.5 Å². The molecule has 6 aromatic carbocycles. The minimum Gasteiger partial charge on any atom is -0.478 e. The number of azo groups is 3. The molecule has 660 valence electrons. The van der Waals surface area contributed by atoms with Crippen LogP contribution < -0.4 is 53.4 Å². The first-order chi connectivity index (χ1) is 62.0. The molecule has 0 aliphatic rings. The van der Waals surface area contributed by atoms with E-state index < -0.39 is 5.97 Å². The van der Waals surface area contributed by atoms with Crippen molar-refractivity contribution < 1.29 is 38.5 Å². The van der Waals surface area contributed by atoms with Crippen LogP contribution in [0.3, 0.4) is 0 Å². The molecule has 0 bridgehead atoms. The van der Waals surface area contributed by atoms with Gasteiger partial charge in [-0.05, 0) is 137 Å². The van der Waals surface area contributed by atoms with Crippen LogP contribution in [0.4, 0.5) is 46.0 Å². The zero-order valence-corrected chi connectivity index (χ0v) is 72.2. The number of aldehydes is 1. The van der Waals surface area contributed by atoms with E-state index in [2.05, 4.69) is 113 Å². The number of benzene rings is 6. The molecule has 0 saturated carbocycles. The number of amides is 3. The molecule has 0 atom stereocenters. The zero-order chi connectivity index (χ0) is 90.0. The highest BCUT2D eigenvalue weighted by molar-refractivity contribution is 5.96. The van der Waals surface area contributed by atoms with E-state index in [0.29, 0.717) is 124 Å². The molecule has 12 rings (SSSR count). The lowest BCUT2D eigenvalue weighted by Gasteiger charge is -2.23. The number of hydrogen-bond acceptors (Lipinski definition) is 25. The number of aromatic nitrogens is 10. The molecule has 3 amide bonds. The first-order valence-electron chi connectivity index (χ1n) is 41.9. The molecule has 0 unspecified atom stereocenters. The fourth-order valence-electron chi connectivity index (χ4n) is 14.5. The lowest BCUT2D eigenvalue weighted by Crippen LogP contribution is -2.42. The predicted octanol–water partition coefficient (Wildman–Crippen LogP) is 9.45. The Kier molecular flexibility index (Phi) is 35.2. The highest BCUT2D eigenvalue weighted by Gasteiger charge is 2.26. The van der Waals surface area contributed by atoms with Gasteiger partial charge < -0.3 is 62.3 Å². The summed E-state index contributed by atoms with van der Waals surface area (Å²) in [6.45, 7) is 33.8. The summed E-state index contributed by atoms with van der Waals surface area (Å²) in [5, 5.41) is 84.9. The van der Waals surface area contributed by atoms with Gasteiger partial charge in [0.05, 0.1) is 101 Å². The van der Waals surface area contributed by atoms with Crippen molar-refractivity contribution in [1.29, 1.82) is 5.26 Å². The molecule has 6 heterocycles. The van der Waals surface area contributed by atoms with Gasteiger partial charge in [-0.15, -0.1) is 20.5 Å². The summed E-state index contributed by atoms with van der Waals surface area (Å²) in [6.07, 6.45) is 5.32. The minimum atomic E-state index is -1.07. The van der Waals surface area contributed by atoms with Gasteiger partial charge >= 0.3 is 11.8 Å². The number of ether oxygens (including phenoxy) is 1. The SMILES string of the molecule is CNCCN(CCN)CCNC.[C-]#[N+]c1cnn(-c2ccc(C=O)cc2)c1N=Nc1c(C)n(CCC(=O)NCCN(CCNCOCCn2c(C)c(N=Nc3c(C#N)cnn3-c3ccc(C(=O)O)cc3)c3ccccc32)CCNC(=O)c2ccc(-n3ncc([N+]#[C-])c3N=Nc3c4ccccc4n(CCC(=O)NCCN(CCN)CCNC)[n+]3C)cc2)c2ccccc12. The number of rotatable bonds is 48. The highest BCUT2D eigenvalue weighted by Crippen LogP contribution is 2.40. The molecular weight excluding hydrogens is 1620 g/mol. The number of carbonyl (C=O) groups excluding carboxylic acids is 4. The Morgan fingerprint density at radius 1 is 0.528 bits per heavy atom. The Morgan fingerprint density at radius 3 is 1.46 bits per heavy atom. The second kappa shape index (κ2) is 47.7. The first-order valence-corrected chi connectivity index (χ1v) is 41.9. The van der Waals surface area contributed by atoms with Gasteiger partial charge in [0.15, 0.2) is 11.6 Å². The van der Waals surface area contributed by atoms with E-state index in [1.54, 1.807) is 60.7 Å². The first kappa shape index (κ1) is 93.6. The number of aryl methyl sites for hydroxylation is 2. The van der Waals surface area contributed by atoms with Crippen molar-refractivity contribution in [1.82, 2.24) is 95.1 Å². The highest BCUT2D eigenvalue weighted by atomic mass is 16.5. The average molecular weight is 1720 g/mol. The van der Waals surface area contributed by atoms with Gasteiger partial charge in [-0.2, -0.15) is 25.2 Å². The third-order valence-corrected chi connectivity index (χ3v) is 21.3. The summed E-state index contributed by atoms with van der Waals surface area (Å²) in [6, 6.07) is 44.9. The molecule has 0 aliphatic carbocycles. The average Bonchev–Trinajstić information content (AvgIpc) is 1.63. The number of aromatic carboxylic acids is 1. The molecule has 12 aromatic rings. The van der Waals surface area contributed by atoms with Crippen molar-refractivity contribution in [3.8, 4) is 23.1 Å². The van der Waals surface area contributed by atoms with Crippen molar-refractivity contribution >= 4 is 109 Å². The van der Waals surface area contributed by atoms with E-state index in [1.807, 2.05) is 129 Å². The molecule has 0 spiro atoms. The Balaban J connectivity index is 0.00000121. The normalized spacial score (nSPS) is 11.6. The molecule has 38 heteroatoms. The van der Waals surface area contributed by atoms with Crippen molar-refractivity contribution in [2.75, 3.05) is 152 Å². The van der Waals surface area contributed by atoms with Gasteiger partial charge in [-0.25, -0.2) is 33.2 Å². The third kappa shape index (κ3) is 24.5. The number of carboxylic acid groups (broad SMARTS) is 1. The third-order valence-electron chi connectivity index (χ3n) is 21.3.